The smallest absolute Gasteiger partial charge is 0.338 e. The van der Waals surface area contributed by atoms with E-state index < -0.39 is 28.5 Å². The average molecular weight is 424 g/mol. The van der Waals surface area contributed by atoms with Crippen LogP contribution in [0.2, 0.25) is 10.3 Å². The minimum atomic E-state index is -1.34. The van der Waals surface area contributed by atoms with Crippen molar-refractivity contribution in [1.29, 1.82) is 0 Å². The minimum Gasteiger partial charge on any atom is -0.481 e. The van der Waals surface area contributed by atoms with Gasteiger partial charge in [-0.3, -0.25) is 4.79 Å². The second kappa shape index (κ2) is 15.6. The summed E-state index contributed by atoms with van der Waals surface area (Å²) in [6, 6.07) is 0.722. The molecule has 8 heteroatoms. The first kappa shape index (κ1) is 25.6. The normalized spacial score (nSPS) is 10.2. The van der Waals surface area contributed by atoms with Crippen LogP contribution in [0.3, 0.4) is 0 Å². The lowest BCUT2D eigenvalue weighted by molar-refractivity contribution is -0.137. The maximum Gasteiger partial charge on any atom is 0.338 e. The summed E-state index contributed by atoms with van der Waals surface area (Å²) in [4.78, 5) is 23.9. The molecule has 0 saturated heterocycles. The van der Waals surface area contributed by atoms with E-state index in [1.165, 1.54) is 51.4 Å². The number of carboxylic acids is 2. The Kier molecular flexibility index (Phi) is 14.8. The van der Waals surface area contributed by atoms with Crippen LogP contribution in [0.15, 0.2) is 6.07 Å². The van der Waals surface area contributed by atoms with Crippen LogP contribution in [-0.2, 0) is 4.79 Å². The van der Waals surface area contributed by atoms with Gasteiger partial charge in [0.15, 0.2) is 11.0 Å². The fourth-order valence-electron chi connectivity index (χ4n) is 2.36. The highest BCUT2D eigenvalue weighted by atomic mass is 35.5. The fourth-order valence-corrected chi connectivity index (χ4v) is 2.76. The summed E-state index contributed by atoms with van der Waals surface area (Å²) < 4.78 is 12.6. The second-order valence-electron chi connectivity index (χ2n) is 6.23. The van der Waals surface area contributed by atoms with Crippen LogP contribution in [0.5, 0.6) is 0 Å². The molecule has 0 fully saturated rings. The van der Waals surface area contributed by atoms with Crippen LogP contribution < -0.4 is 0 Å². The zero-order chi connectivity index (χ0) is 20.7. The molecule has 154 valence electrons. The van der Waals surface area contributed by atoms with Gasteiger partial charge in [-0.25, -0.2) is 14.2 Å². The number of hydrogen-bond acceptors (Lipinski definition) is 3. The van der Waals surface area contributed by atoms with E-state index in [0.29, 0.717) is 6.42 Å². The summed E-state index contributed by atoms with van der Waals surface area (Å²) in [6.07, 6.45) is 12.9. The van der Waals surface area contributed by atoms with Crippen molar-refractivity contribution >= 4 is 35.1 Å². The van der Waals surface area contributed by atoms with Crippen LogP contribution >= 0.6 is 23.2 Å². The monoisotopic (exact) mass is 423 g/mol. The molecule has 0 aromatic carbocycles. The van der Waals surface area contributed by atoms with Crippen molar-refractivity contribution in [2.75, 3.05) is 0 Å². The molecule has 27 heavy (non-hydrogen) atoms. The maximum atomic E-state index is 12.6. The van der Waals surface area contributed by atoms with Crippen LogP contribution in [0, 0.1) is 5.82 Å². The van der Waals surface area contributed by atoms with Gasteiger partial charge in [-0.05, 0) is 12.5 Å². The van der Waals surface area contributed by atoms with Crippen molar-refractivity contribution in [2.24, 2.45) is 0 Å². The van der Waals surface area contributed by atoms with Gasteiger partial charge >= 0.3 is 11.9 Å². The Morgan fingerprint density at radius 1 is 0.926 bits per heavy atom. The first-order valence-electron chi connectivity index (χ1n) is 9.26. The molecule has 0 bridgehead atoms. The number of aromatic nitrogens is 1. The summed E-state index contributed by atoms with van der Waals surface area (Å²) in [6.45, 7) is 2.24. The number of halogens is 3. The Morgan fingerprint density at radius 3 is 1.85 bits per heavy atom. The zero-order valence-electron chi connectivity index (χ0n) is 15.6. The second-order valence-corrected chi connectivity index (χ2v) is 6.95. The summed E-state index contributed by atoms with van der Waals surface area (Å²) in [7, 11) is 0. The van der Waals surface area contributed by atoms with E-state index in [-0.39, 0.29) is 5.15 Å². The van der Waals surface area contributed by atoms with Crippen molar-refractivity contribution in [3.63, 3.8) is 0 Å². The number of aliphatic carboxylic acids is 1. The highest BCUT2D eigenvalue weighted by Gasteiger charge is 2.13. The molecule has 5 nitrogen and oxygen atoms in total. The molecule has 0 aliphatic rings. The molecule has 0 amide bonds. The number of pyridine rings is 1. The number of nitrogens with zero attached hydrogens (tertiary/aromatic N) is 1. The van der Waals surface area contributed by atoms with Gasteiger partial charge in [0.25, 0.3) is 0 Å². The van der Waals surface area contributed by atoms with Gasteiger partial charge in [0.1, 0.15) is 5.15 Å². The van der Waals surface area contributed by atoms with E-state index in [0.717, 1.165) is 18.9 Å². The zero-order valence-corrected chi connectivity index (χ0v) is 17.2. The van der Waals surface area contributed by atoms with Crippen LogP contribution in [0.1, 0.15) is 87.9 Å². The Bertz CT molecular complexity index is 585. The average Bonchev–Trinajstić information content (AvgIpc) is 2.60. The first-order chi connectivity index (χ1) is 12.8. The number of unbranched alkanes of at least 4 members (excludes halogenated alkanes) is 9. The van der Waals surface area contributed by atoms with Gasteiger partial charge in [0, 0.05) is 6.42 Å². The Hall–Kier alpha value is -1.40. The summed E-state index contributed by atoms with van der Waals surface area (Å²) in [5, 5.41) is 16.1. The molecule has 0 saturated carbocycles. The molecular formula is C19H28Cl2FNO4. The van der Waals surface area contributed by atoms with Crippen LogP contribution in [0.25, 0.3) is 0 Å². The van der Waals surface area contributed by atoms with Gasteiger partial charge in [-0.1, -0.05) is 87.9 Å². The fraction of sp³-hybridized carbons (Fsp3) is 0.632. The SMILES string of the molecule is CCCCCCCCCCCCC(=O)O.O=C(O)c1cc(F)c(Cl)nc1Cl. The van der Waals surface area contributed by atoms with Crippen LogP contribution in [0.4, 0.5) is 4.39 Å². The first-order valence-corrected chi connectivity index (χ1v) is 10.0. The number of rotatable bonds is 12. The third-order valence-corrected chi connectivity index (χ3v) is 4.41. The molecule has 0 aliphatic heterocycles. The molecule has 0 aliphatic carbocycles. The molecular weight excluding hydrogens is 396 g/mol. The topological polar surface area (TPSA) is 87.5 Å². The number of carboxylic acid groups (broad SMARTS) is 2. The van der Waals surface area contributed by atoms with Gasteiger partial charge in [-0.15, -0.1) is 0 Å². The van der Waals surface area contributed by atoms with Crippen molar-refractivity contribution < 1.29 is 24.2 Å². The standard InChI is InChI=1S/C13H26O2.C6H2Cl2FNO2/c1-2-3-4-5-6-7-8-9-10-11-12-13(14)15;7-4-2(6(11)12)1-3(9)5(8)10-4/h2-12H2,1H3,(H,14,15);1H,(H,11,12). The Labute approximate surface area is 169 Å². The van der Waals surface area contributed by atoms with Gasteiger partial charge < -0.3 is 10.2 Å². The molecule has 0 atom stereocenters. The molecule has 2 N–H and O–H groups in total. The van der Waals surface area contributed by atoms with Gasteiger partial charge in [0.05, 0.1) is 5.56 Å². The lowest BCUT2D eigenvalue weighted by Crippen LogP contribution is -2.00. The summed E-state index contributed by atoms with van der Waals surface area (Å²) >= 11 is 10.6. The van der Waals surface area contributed by atoms with Crippen molar-refractivity contribution in [2.45, 2.75) is 77.6 Å². The van der Waals surface area contributed by atoms with Gasteiger partial charge in [-0.2, -0.15) is 0 Å². The van der Waals surface area contributed by atoms with E-state index in [4.69, 9.17) is 33.4 Å². The van der Waals surface area contributed by atoms with E-state index in [1.807, 2.05) is 0 Å². The van der Waals surface area contributed by atoms with Crippen molar-refractivity contribution in [1.82, 2.24) is 4.98 Å². The van der Waals surface area contributed by atoms with Crippen LogP contribution in [-0.4, -0.2) is 27.1 Å². The Balaban J connectivity index is 0.000000511. The number of carbonyl (C=O) groups is 2. The molecule has 0 spiro atoms. The quantitative estimate of drug-likeness (QED) is 0.291. The van der Waals surface area contributed by atoms with E-state index in [2.05, 4.69) is 11.9 Å². The third kappa shape index (κ3) is 13.4. The Morgan fingerprint density at radius 2 is 1.41 bits per heavy atom. The number of hydrogen-bond donors (Lipinski definition) is 2. The van der Waals surface area contributed by atoms with Crippen molar-refractivity contribution in [3.8, 4) is 0 Å². The minimum absolute atomic E-state index is 0.325. The predicted molar refractivity (Wildman–Crippen MR) is 105 cm³/mol. The maximum absolute atomic E-state index is 12.6. The highest BCUT2D eigenvalue weighted by molar-refractivity contribution is 6.34. The largest absolute Gasteiger partial charge is 0.481 e. The summed E-state index contributed by atoms with van der Waals surface area (Å²) in [5.41, 5.74) is -0.404. The van der Waals surface area contributed by atoms with E-state index in [1.54, 1.807) is 0 Å². The van der Waals surface area contributed by atoms with Gasteiger partial charge in [0.2, 0.25) is 0 Å². The molecule has 0 radical (unpaired) electrons. The third-order valence-electron chi connectivity index (χ3n) is 3.86. The molecule has 1 aromatic heterocycles. The predicted octanol–water partition coefficient (Wildman–Crippen LogP) is 6.61. The van der Waals surface area contributed by atoms with E-state index >= 15 is 0 Å². The molecule has 1 aromatic rings. The molecule has 1 rings (SSSR count). The van der Waals surface area contributed by atoms with Crippen molar-refractivity contribution in [3.05, 3.63) is 27.8 Å². The lowest BCUT2D eigenvalue weighted by atomic mass is 10.1. The molecule has 0 unspecified atom stereocenters. The lowest BCUT2D eigenvalue weighted by Gasteiger charge is -2.01. The van der Waals surface area contributed by atoms with E-state index in [9.17, 15) is 14.0 Å². The summed E-state index contributed by atoms with van der Waals surface area (Å²) in [5.74, 6) is -2.91. The molecule has 1 heterocycles. The number of aromatic carboxylic acids is 1. The highest BCUT2D eigenvalue weighted by Crippen LogP contribution is 2.19.